The van der Waals surface area contributed by atoms with E-state index in [2.05, 4.69) is 17.4 Å². The zero-order valence-electron chi connectivity index (χ0n) is 11.7. The average Bonchev–Trinajstić information content (AvgIpc) is 3.26. The van der Waals surface area contributed by atoms with Crippen LogP contribution < -0.4 is 5.32 Å². The molecule has 1 saturated heterocycles. The second-order valence-corrected chi connectivity index (χ2v) is 5.78. The lowest BCUT2D eigenvalue weighted by atomic mass is 10.0. The summed E-state index contributed by atoms with van der Waals surface area (Å²) in [5.41, 5.74) is 1.20. The van der Waals surface area contributed by atoms with Crippen LogP contribution >= 0.6 is 0 Å². The van der Waals surface area contributed by atoms with Gasteiger partial charge < -0.3 is 10.2 Å². The normalized spacial score (nSPS) is 26.6. The fourth-order valence-corrected chi connectivity index (χ4v) is 2.91. The van der Waals surface area contributed by atoms with Crippen molar-refractivity contribution in [2.75, 3.05) is 6.54 Å². The van der Waals surface area contributed by atoms with Crippen molar-refractivity contribution in [2.45, 2.75) is 38.3 Å². The minimum atomic E-state index is -0.395. The third kappa shape index (κ3) is 2.55. The number of amides is 2. The molecule has 2 unspecified atom stereocenters. The lowest BCUT2D eigenvalue weighted by molar-refractivity contribution is -0.149. The number of carbonyl (C=O) groups excluding carboxylic acids is 2. The molecule has 1 aromatic rings. The molecule has 1 N–H and O–H groups in total. The summed E-state index contributed by atoms with van der Waals surface area (Å²) in [5.74, 6) is 0.437. The van der Waals surface area contributed by atoms with Gasteiger partial charge in [0.25, 0.3) is 0 Å². The molecule has 4 nitrogen and oxygen atoms in total. The largest absolute Gasteiger partial charge is 0.343 e. The first-order valence-electron chi connectivity index (χ1n) is 7.31. The van der Waals surface area contributed by atoms with Crippen LogP contribution in [0, 0.1) is 5.92 Å². The number of carbonyl (C=O) groups is 2. The van der Waals surface area contributed by atoms with Gasteiger partial charge in [-0.15, -0.1) is 0 Å². The van der Waals surface area contributed by atoms with E-state index in [1.165, 1.54) is 5.56 Å². The molecule has 20 heavy (non-hydrogen) atoms. The number of nitrogens with one attached hydrogen (secondary N) is 1. The van der Waals surface area contributed by atoms with Crippen molar-refractivity contribution < 1.29 is 9.59 Å². The highest BCUT2D eigenvalue weighted by Crippen LogP contribution is 2.37. The highest BCUT2D eigenvalue weighted by Gasteiger charge is 2.46. The molecule has 4 heteroatoms. The van der Waals surface area contributed by atoms with Crippen LogP contribution in [0.3, 0.4) is 0 Å². The average molecular weight is 272 g/mol. The van der Waals surface area contributed by atoms with Crippen molar-refractivity contribution in [1.29, 1.82) is 0 Å². The van der Waals surface area contributed by atoms with Crippen LogP contribution in [0.4, 0.5) is 0 Å². The van der Waals surface area contributed by atoms with E-state index in [1.54, 1.807) is 11.8 Å². The summed E-state index contributed by atoms with van der Waals surface area (Å²) in [6.45, 7) is 2.39. The molecule has 1 aromatic carbocycles. The van der Waals surface area contributed by atoms with Crippen LogP contribution in [0.1, 0.15) is 25.3 Å². The van der Waals surface area contributed by atoms with Gasteiger partial charge in [0.05, 0.1) is 0 Å². The summed E-state index contributed by atoms with van der Waals surface area (Å²) in [6, 6.07) is 9.46. The number of hydrogen-bond donors (Lipinski definition) is 1. The van der Waals surface area contributed by atoms with Gasteiger partial charge in [-0.3, -0.25) is 9.59 Å². The van der Waals surface area contributed by atoms with Crippen LogP contribution in [-0.2, 0) is 16.0 Å². The topological polar surface area (TPSA) is 49.4 Å². The van der Waals surface area contributed by atoms with Gasteiger partial charge in [0.15, 0.2) is 0 Å². The monoisotopic (exact) mass is 272 g/mol. The maximum Gasteiger partial charge on any atom is 0.245 e. The van der Waals surface area contributed by atoms with E-state index < -0.39 is 6.04 Å². The van der Waals surface area contributed by atoms with E-state index in [9.17, 15) is 9.59 Å². The SMILES string of the molecule is CC1NC(=O)C(C2CC2)N(CCc2ccccc2)C1=O. The van der Waals surface area contributed by atoms with Crippen molar-refractivity contribution in [3.8, 4) is 0 Å². The molecule has 1 aliphatic heterocycles. The van der Waals surface area contributed by atoms with E-state index in [0.717, 1.165) is 19.3 Å². The first kappa shape index (κ1) is 13.2. The van der Waals surface area contributed by atoms with Crippen molar-refractivity contribution in [3.05, 3.63) is 35.9 Å². The summed E-state index contributed by atoms with van der Waals surface area (Å²) in [6.07, 6.45) is 2.92. The van der Waals surface area contributed by atoms with Crippen LogP contribution in [0.5, 0.6) is 0 Å². The molecule has 1 saturated carbocycles. The van der Waals surface area contributed by atoms with Crippen LogP contribution in [0.2, 0.25) is 0 Å². The van der Waals surface area contributed by atoms with Gasteiger partial charge in [-0.1, -0.05) is 30.3 Å². The zero-order chi connectivity index (χ0) is 14.1. The molecule has 0 radical (unpaired) electrons. The molecule has 3 rings (SSSR count). The zero-order valence-corrected chi connectivity index (χ0v) is 11.7. The molecule has 0 aromatic heterocycles. The summed E-state index contributed by atoms with van der Waals surface area (Å²) in [7, 11) is 0. The molecule has 2 aliphatic rings. The van der Waals surface area contributed by atoms with Crippen LogP contribution in [0.15, 0.2) is 30.3 Å². The smallest absolute Gasteiger partial charge is 0.245 e. The Morgan fingerprint density at radius 1 is 1.20 bits per heavy atom. The quantitative estimate of drug-likeness (QED) is 0.899. The summed E-state index contributed by atoms with van der Waals surface area (Å²) >= 11 is 0. The van der Waals surface area contributed by atoms with Gasteiger partial charge in [0.1, 0.15) is 12.1 Å². The second-order valence-electron chi connectivity index (χ2n) is 5.78. The maximum absolute atomic E-state index is 12.3. The third-order valence-electron chi connectivity index (χ3n) is 4.17. The second kappa shape index (κ2) is 5.27. The Morgan fingerprint density at radius 2 is 1.90 bits per heavy atom. The molecule has 2 atom stereocenters. The predicted molar refractivity (Wildman–Crippen MR) is 76.0 cm³/mol. The molecule has 1 aliphatic carbocycles. The van der Waals surface area contributed by atoms with Gasteiger partial charge >= 0.3 is 0 Å². The lowest BCUT2D eigenvalue weighted by Gasteiger charge is -2.38. The predicted octanol–water partition coefficient (Wildman–Crippen LogP) is 1.35. The van der Waals surface area contributed by atoms with Crippen LogP contribution in [-0.4, -0.2) is 35.3 Å². The van der Waals surface area contributed by atoms with E-state index in [-0.39, 0.29) is 17.9 Å². The molecule has 0 spiro atoms. The van der Waals surface area contributed by atoms with E-state index in [4.69, 9.17) is 0 Å². The Labute approximate surface area is 119 Å². The van der Waals surface area contributed by atoms with Gasteiger partial charge in [-0.25, -0.2) is 0 Å². The van der Waals surface area contributed by atoms with Crippen molar-refractivity contribution in [2.24, 2.45) is 5.92 Å². The number of piperazine rings is 1. The molecular weight excluding hydrogens is 252 g/mol. The number of nitrogens with zero attached hydrogens (tertiary/aromatic N) is 1. The van der Waals surface area contributed by atoms with Gasteiger partial charge in [0, 0.05) is 6.54 Å². The standard InChI is InChI=1S/C16H20N2O2/c1-11-16(20)18(10-9-12-5-3-2-4-6-12)14(13-7-8-13)15(19)17-11/h2-6,11,13-14H,7-10H2,1H3,(H,17,19). The van der Waals surface area contributed by atoms with Crippen molar-refractivity contribution in [3.63, 3.8) is 0 Å². The first-order chi connectivity index (χ1) is 9.66. The Bertz CT molecular complexity index is 510. The van der Waals surface area contributed by atoms with Gasteiger partial charge in [0.2, 0.25) is 11.8 Å². The van der Waals surface area contributed by atoms with E-state index in [1.807, 2.05) is 18.2 Å². The summed E-state index contributed by atoms with van der Waals surface area (Å²) in [5, 5.41) is 2.80. The number of benzene rings is 1. The molecular formula is C16H20N2O2. The minimum Gasteiger partial charge on any atom is -0.343 e. The lowest BCUT2D eigenvalue weighted by Crippen LogP contribution is -2.63. The first-order valence-corrected chi connectivity index (χ1v) is 7.31. The maximum atomic E-state index is 12.3. The fraction of sp³-hybridized carbons (Fsp3) is 0.500. The minimum absolute atomic E-state index is 0.0210. The Kier molecular flexibility index (Phi) is 3.47. The molecule has 0 bridgehead atoms. The molecule has 2 fully saturated rings. The van der Waals surface area contributed by atoms with Crippen LogP contribution in [0.25, 0.3) is 0 Å². The molecule has 106 valence electrons. The van der Waals surface area contributed by atoms with E-state index >= 15 is 0 Å². The molecule has 1 heterocycles. The third-order valence-corrected chi connectivity index (χ3v) is 4.17. The Hall–Kier alpha value is -1.84. The number of hydrogen-bond acceptors (Lipinski definition) is 2. The molecule has 2 amide bonds. The fourth-order valence-electron chi connectivity index (χ4n) is 2.91. The Balaban J connectivity index is 1.73. The van der Waals surface area contributed by atoms with E-state index in [0.29, 0.717) is 12.5 Å². The van der Waals surface area contributed by atoms with Gasteiger partial charge in [-0.05, 0) is 37.7 Å². The summed E-state index contributed by atoms with van der Waals surface area (Å²) in [4.78, 5) is 26.3. The highest BCUT2D eigenvalue weighted by atomic mass is 16.2. The van der Waals surface area contributed by atoms with Crippen molar-refractivity contribution >= 4 is 11.8 Å². The number of rotatable bonds is 4. The summed E-state index contributed by atoms with van der Waals surface area (Å²) < 4.78 is 0. The Morgan fingerprint density at radius 3 is 2.55 bits per heavy atom. The van der Waals surface area contributed by atoms with Crippen molar-refractivity contribution in [1.82, 2.24) is 10.2 Å². The van der Waals surface area contributed by atoms with Gasteiger partial charge in [-0.2, -0.15) is 0 Å². The highest BCUT2D eigenvalue weighted by molar-refractivity contribution is 5.97.